The SMILES string of the molecule is CN(C)CCSc1ccc(C=C2NC(=O)N(Cc3ccc(OCc4ccccc4)cc3)C2=O)s1. The van der Waals surface area contributed by atoms with Crippen molar-refractivity contribution >= 4 is 41.1 Å². The van der Waals surface area contributed by atoms with Gasteiger partial charge in [0.25, 0.3) is 5.91 Å². The van der Waals surface area contributed by atoms with Crippen molar-refractivity contribution in [2.24, 2.45) is 0 Å². The van der Waals surface area contributed by atoms with Crippen molar-refractivity contribution < 1.29 is 14.3 Å². The minimum Gasteiger partial charge on any atom is -0.489 e. The fraction of sp³-hybridized carbons (Fsp3) is 0.231. The zero-order chi connectivity index (χ0) is 23.9. The Morgan fingerprint density at radius 3 is 2.50 bits per heavy atom. The Labute approximate surface area is 208 Å². The van der Waals surface area contributed by atoms with Crippen LogP contribution in [0.25, 0.3) is 6.08 Å². The predicted molar refractivity (Wildman–Crippen MR) is 138 cm³/mol. The van der Waals surface area contributed by atoms with E-state index in [1.165, 1.54) is 9.11 Å². The summed E-state index contributed by atoms with van der Waals surface area (Å²) in [5.74, 6) is 1.43. The second-order valence-corrected chi connectivity index (χ2v) is 10.6. The average Bonchev–Trinajstić information content (AvgIpc) is 3.38. The van der Waals surface area contributed by atoms with Gasteiger partial charge >= 0.3 is 6.03 Å². The first-order valence-corrected chi connectivity index (χ1v) is 12.8. The second kappa shape index (κ2) is 11.4. The van der Waals surface area contributed by atoms with Crippen molar-refractivity contribution in [2.45, 2.75) is 17.4 Å². The molecule has 1 N–H and O–H groups in total. The topological polar surface area (TPSA) is 61.9 Å². The lowest BCUT2D eigenvalue weighted by molar-refractivity contribution is -0.123. The third kappa shape index (κ3) is 6.50. The second-order valence-electron chi connectivity index (χ2n) is 8.11. The molecule has 8 heteroatoms. The van der Waals surface area contributed by atoms with Crippen LogP contribution in [0.2, 0.25) is 0 Å². The Bertz CT molecular complexity index is 1160. The van der Waals surface area contributed by atoms with Crippen molar-refractivity contribution in [1.29, 1.82) is 0 Å². The Morgan fingerprint density at radius 2 is 1.76 bits per heavy atom. The highest BCUT2D eigenvalue weighted by Gasteiger charge is 2.33. The molecule has 3 amide bonds. The van der Waals surface area contributed by atoms with Gasteiger partial charge in [-0.3, -0.25) is 9.69 Å². The first-order chi connectivity index (χ1) is 16.5. The number of imide groups is 1. The zero-order valence-corrected chi connectivity index (χ0v) is 20.8. The maximum atomic E-state index is 12.8. The Kier molecular flexibility index (Phi) is 8.05. The largest absolute Gasteiger partial charge is 0.489 e. The molecule has 176 valence electrons. The lowest BCUT2D eigenvalue weighted by Gasteiger charge is -2.12. The molecular formula is C26H27N3O3S2. The number of benzene rings is 2. The van der Waals surface area contributed by atoms with E-state index >= 15 is 0 Å². The van der Waals surface area contributed by atoms with E-state index in [4.69, 9.17) is 4.74 Å². The Morgan fingerprint density at radius 1 is 1.00 bits per heavy atom. The lowest BCUT2D eigenvalue weighted by atomic mass is 10.2. The summed E-state index contributed by atoms with van der Waals surface area (Å²) in [7, 11) is 4.11. The molecule has 0 saturated carbocycles. The van der Waals surface area contributed by atoms with Gasteiger partial charge in [0.05, 0.1) is 10.8 Å². The molecule has 0 bridgehead atoms. The maximum absolute atomic E-state index is 12.8. The molecule has 6 nitrogen and oxygen atoms in total. The molecule has 1 aliphatic rings. The van der Waals surface area contributed by atoms with Crippen LogP contribution in [0.5, 0.6) is 5.75 Å². The molecule has 3 aromatic rings. The van der Waals surface area contributed by atoms with Gasteiger partial charge in [-0.2, -0.15) is 0 Å². The monoisotopic (exact) mass is 493 g/mol. The van der Waals surface area contributed by atoms with Crippen LogP contribution >= 0.6 is 23.1 Å². The molecular weight excluding hydrogens is 466 g/mol. The van der Waals surface area contributed by atoms with Crippen LogP contribution in [-0.2, 0) is 17.9 Å². The molecule has 2 heterocycles. The normalized spacial score (nSPS) is 14.8. The van der Waals surface area contributed by atoms with E-state index in [1.54, 1.807) is 29.2 Å². The summed E-state index contributed by atoms with van der Waals surface area (Å²) >= 11 is 3.41. The third-order valence-electron chi connectivity index (χ3n) is 5.15. The number of ether oxygens (including phenoxy) is 1. The van der Waals surface area contributed by atoms with Crippen molar-refractivity contribution in [3.63, 3.8) is 0 Å². The van der Waals surface area contributed by atoms with Gasteiger partial charge < -0.3 is 15.0 Å². The number of carbonyl (C=O) groups is 2. The third-order valence-corrected chi connectivity index (χ3v) is 7.38. The first kappa shape index (κ1) is 24.1. The summed E-state index contributed by atoms with van der Waals surface area (Å²) in [5.41, 5.74) is 2.25. The molecule has 0 unspecified atom stereocenters. The number of carbonyl (C=O) groups excluding carboxylic acids is 2. The molecule has 0 aliphatic carbocycles. The fourth-order valence-electron chi connectivity index (χ4n) is 3.29. The highest BCUT2D eigenvalue weighted by atomic mass is 32.2. The minimum absolute atomic E-state index is 0.205. The fourth-order valence-corrected chi connectivity index (χ4v) is 5.57. The molecule has 0 spiro atoms. The van der Waals surface area contributed by atoms with Crippen LogP contribution in [-0.4, -0.2) is 48.1 Å². The summed E-state index contributed by atoms with van der Waals surface area (Å²) < 4.78 is 7.00. The lowest BCUT2D eigenvalue weighted by Crippen LogP contribution is -2.30. The Hall–Kier alpha value is -3.07. The van der Waals surface area contributed by atoms with Crippen molar-refractivity contribution in [1.82, 2.24) is 15.1 Å². The highest BCUT2D eigenvalue weighted by Crippen LogP contribution is 2.29. The standard InChI is InChI=1S/C26H27N3O3S2/c1-28(2)14-15-33-24-13-12-22(34-24)16-23-25(30)29(26(31)27-23)17-19-8-10-21(11-9-19)32-18-20-6-4-3-5-7-20/h3-13,16H,14-15,17-18H2,1-2H3,(H,27,31). The number of hydrogen-bond donors (Lipinski definition) is 1. The number of thiophene rings is 1. The van der Waals surface area contributed by atoms with Gasteiger partial charge in [0.1, 0.15) is 18.1 Å². The van der Waals surface area contributed by atoms with Crippen molar-refractivity contribution in [3.8, 4) is 5.75 Å². The minimum atomic E-state index is -0.405. The first-order valence-electron chi connectivity index (χ1n) is 11.0. The van der Waals surface area contributed by atoms with E-state index in [0.717, 1.165) is 34.1 Å². The highest BCUT2D eigenvalue weighted by molar-refractivity contribution is 8.01. The number of nitrogens with one attached hydrogen (secondary N) is 1. The Balaban J connectivity index is 1.33. The van der Waals surface area contributed by atoms with Crippen LogP contribution in [0.1, 0.15) is 16.0 Å². The summed E-state index contributed by atoms with van der Waals surface area (Å²) in [6.45, 7) is 1.69. The quantitative estimate of drug-likeness (QED) is 0.243. The number of urea groups is 1. The van der Waals surface area contributed by atoms with E-state index in [2.05, 4.69) is 30.4 Å². The van der Waals surface area contributed by atoms with Gasteiger partial charge in [-0.1, -0.05) is 42.5 Å². The molecule has 0 atom stereocenters. The van der Waals surface area contributed by atoms with E-state index in [-0.39, 0.29) is 12.5 Å². The van der Waals surface area contributed by atoms with Crippen LogP contribution in [0.4, 0.5) is 4.79 Å². The van der Waals surface area contributed by atoms with Gasteiger partial charge in [-0.25, -0.2) is 4.79 Å². The van der Waals surface area contributed by atoms with Crippen LogP contribution in [0.3, 0.4) is 0 Å². The molecule has 1 fully saturated rings. The summed E-state index contributed by atoms with van der Waals surface area (Å²) in [5, 5.41) is 2.71. The number of hydrogen-bond acceptors (Lipinski definition) is 6. The van der Waals surface area contributed by atoms with Crippen molar-refractivity contribution in [3.05, 3.63) is 88.4 Å². The van der Waals surface area contributed by atoms with E-state index in [9.17, 15) is 9.59 Å². The van der Waals surface area contributed by atoms with Gasteiger partial charge in [-0.15, -0.1) is 23.1 Å². The van der Waals surface area contributed by atoms with Gasteiger partial charge in [0, 0.05) is 17.2 Å². The zero-order valence-electron chi connectivity index (χ0n) is 19.2. The van der Waals surface area contributed by atoms with Crippen LogP contribution in [0, 0.1) is 0 Å². The van der Waals surface area contributed by atoms with Gasteiger partial charge in [-0.05, 0) is 55.6 Å². The number of thioether (sulfide) groups is 1. The van der Waals surface area contributed by atoms with Gasteiger partial charge in [0.15, 0.2) is 0 Å². The molecule has 4 rings (SSSR count). The van der Waals surface area contributed by atoms with Crippen molar-refractivity contribution in [2.75, 3.05) is 26.4 Å². The number of amides is 3. The molecule has 0 radical (unpaired) electrons. The molecule has 1 aliphatic heterocycles. The smallest absolute Gasteiger partial charge is 0.329 e. The molecule has 34 heavy (non-hydrogen) atoms. The molecule has 2 aromatic carbocycles. The van der Waals surface area contributed by atoms with E-state index < -0.39 is 6.03 Å². The molecule has 1 saturated heterocycles. The average molecular weight is 494 g/mol. The predicted octanol–water partition coefficient (Wildman–Crippen LogP) is 5.07. The molecule has 1 aromatic heterocycles. The maximum Gasteiger partial charge on any atom is 0.329 e. The van der Waals surface area contributed by atoms with E-state index in [1.807, 2.05) is 60.7 Å². The van der Waals surface area contributed by atoms with E-state index in [0.29, 0.717) is 12.3 Å². The number of rotatable bonds is 10. The number of nitrogens with zero attached hydrogens (tertiary/aromatic N) is 2. The summed E-state index contributed by atoms with van der Waals surface area (Å²) in [4.78, 5) is 29.6. The van der Waals surface area contributed by atoms with Crippen LogP contribution < -0.4 is 10.1 Å². The summed E-state index contributed by atoms with van der Waals surface area (Å²) in [6.07, 6.45) is 1.75. The van der Waals surface area contributed by atoms with Crippen LogP contribution in [0.15, 0.2) is 76.6 Å². The van der Waals surface area contributed by atoms with Gasteiger partial charge in [0.2, 0.25) is 0 Å². The summed E-state index contributed by atoms with van der Waals surface area (Å²) in [6, 6.07) is 21.0.